The van der Waals surface area contributed by atoms with Crippen LogP contribution in [0.1, 0.15) is 35.3 Å². The molecule has 1 saturated heterocycles. The van der Waals surface area contributed by atoms with Gasteiger partial charge in [-0.15, -0.1) is 11.3 Å². The molecule has 1 aromatic heterocycles. The van der Waals surface area contributed by atoms with Gasteiger partial charge in [0.05, 0.1) is 18.8 Å². The van der Waals surface area contributed by atoms with Crippen LogP contribution in [-0.4, -0.2) is 30.1 Å². The summed E-state index contributed by atoms with van der Waals surface area (Å²) in [6.07, 6.45) is 2.68. The summed E-state index contributed by atoms with van der Waals surface area (Å²) >= 11 is 6.15. The second-order valence-corrected chi connectivity index (χ2v) is 6.54. The Morgan fingerprint density at radius 3 is 3.06 bits per heavy atom. The molecule has 1 aromatic rings. The number of nitrogens with zero attached hydrogens (tertiary/aromatic N) is 2. The quantitative estimate of drug-likeness (QED) is 0.843. The summed E-state index contributed by atoms with van der Waals surface area (Å²) in [5.74, 6) is 1.58. The molecule has 0 bridgehead atoms. The molecule has 1 fully saturated rings. The van der Waals surface area contributed by atoms with Gasteiger partial charge in [0.1, 0.15) is 5.01 Å². The summed E-state index contributed by atoms with van der Waals surface area (Å²) in [6, 6.07) is 0. The van der Waals surface area contributed by atoms with Crippen LogP contribution in [0.4, 0.5) is 0 Å². The highest BCUT2D eigenvalue weighted by molar-refractivity contribution is 7.79. The molecule has 0 aliphatic carbocycles. The van der Waals surface area contributed by atoms with Crippen molar-refractivity contribution in [3.8, 4) is 0 Å². The predicted octanol–water partition coefficient (Wildman–Crippen LogP) is 2.95. The summed E-state index contributed by atoms with van der Waals surface area (Å²) in [5, 5.41) is 1.21. The summed E-state index contributed by atoms with van der Waals surface area (Å²) in [6.45, 7) is 6.33. The van der Waals surface area contributed by atoms with E-state index < -0.39 is 0 Å². The molecule has 0 radical (unpaired) electrons. The van der Waals surface area contributed by atoms with Crippen molar-refractivity contribution in [2.45, 2.75) is 38.7 Å². The van der Waals surface area contributed by atoms with E-state index in [0.29, 0.717) is 6.61 Å². The molecule has 0 amide bonds. The maximum atomic E-state index is 5.19. The van der Waals surface area contributed by atoms with Crippen LogP contribution in [0.25, 0.3) is 0 Å². The molecule has 102 valence electrons. The fourth-order valence-corrected chi connectivity index (χ4v) is 3.85. The number of thiazole rings is 1. The van der Waals surface area contributed by atoms with Crippen LogP contribution in [0.5, 0.6) is 0 Å². The molecule has 0 N–H and O–H groups in total. The van der Waals surface area contributed by atoms with Crippen molar-refractivity contribution < 1.29 is 4.74 Å². The standard InChI is InChI=1S/C13H22N2OS2/c1-10-4-3-5-15(6-10)7-13-14-11(8-16-2)12(9-17)18-13/h10,17H,3-9H2,1-2H3. The van der Waals surface area contributed by atoms with Crippen LogP contribution in [0, 0.1) is 5.92 Å². The average Bonchev–Trinajstić information content (AvgIpc) is 2.72. The second kappa shape index (κ2) is 6.89. The van der Waals surface area contributed by atoms with Crippen LogP contribution in [0.2, 0.25) is 0 Å². The molecule has 5 heteroatoms. The number of piperidine rings is 1. The summed E-state index contributed by atoms with van der Waals surface area (Å²) in [5.41, 5.74) is 1.07. The maximum Gasteiger partial charge on any atom is 0.107 e. The molecule has 1 unspecified atom stereocenters. The van der Waals surface area contributed by atoms with Crippen molar-refractivity contribution >= 4 is 24.0 Å². The van der Waals surface area contributed by atoms with Gasteiger partial charge in [-0.05, 0) is 25.3 Å². The Morgan fingerprint density at radius 1 is 1.56 bits per heavy atom. The lowest BCUT2D eigenvalue weighted by Gasteiger charge is -2.29. The molecule has 3 nitrogen and oxygen atoms in total. The number of ether oxygens (including phenoxy) is 1. The van der Waals surface area contributed by atoms with Gasteiger partial charge < -0.3 is 4.74 Å². The molecule has 1 aliphatic heterocycles. The van der Waals surface area contributed by atoms with Gasteiger partial charge >= 0.3 is 0 Å². The Morgan fingerprint density at radius 2 is 2.39 bits per heavy atom. The molecular weight excluding hydrogens is 264 g/mol. The van der Waals surface area contributed by atoms with Crippen molar-refractivity contribution in [2.75, 3.05) is 20.2 Å². The Balaban J connectivity index is 2.00. The normalized spacial score (nSPS) is 21.4. The largest absolute Gasteiger partial charge is 0.378 e. The third-order valence-corrected chi connectivity index (χ3v) is 4.96. The smallest absolute Gasteiger partial charge is 0.107 e. The van der Waals surface area contributed by atoms with Crippen LogP contribution in [0.15, 0.2) is 0 Å². The van der Waals surface area contributed by atoms with Crippen molar-refractivity contribution in [1.29, 1.82) is 0 Å². The summed E-state index contributed by atoms with van der Waals surface area (Å²) < 4.78 is 5.19. The van der Waals surface area contributed by atoms with E-state index in [-0.39, 0.29) is 0 Å². The van der Waals surface area contributed by atoms with Crippen molar-refractivity contribution in [1.82, 2.24) is 9.88 Å². The minimum atomic E-state index is 0.600. The van der Waals surface area contributed by atoms with Crippen LogP contribution in [0.3, 0.4) is 0 Å². The van der Waals surface area contributed by atoms with Gasteiger partial charge in [-0.2, -0.15) is 12.6 Å². The molecule has 1 atom stereocenters. The zero-order chi connectivity index (χ0) is 13.0. The lowest BCUT2D eigenvalue weighted by atomic mass is 10.0. The number of thiol groups is 1. The number of hydrogen-bond donors (Lipinski definition) is 1. The molecule has 2 heterocycles. The molecule has 2 rings (SSSR count). The van der Waals surface area contributed by atoms with E-state index in [4.69, 9.17) is 9.72 Å². The molecule has 0 spiro atoms. The van der Waals surface area contributed by atoms with E-state index in [9.17, 15) is 0 Å². The fraction of sp³-hybridized carbons (Fsp3) is 0.769. The first-order chi connectivity index (χ1) is 8.72. The lowest BCUT2D eigenvalue weighted by Crippen LogP contribution is -2.33. The highest BCUT2D eigenvalue weighted by Crippen LogP contribution is 2.24. The van der Waals surface area contributed by atoms with E-state index in [0.717, 1.165) is 23.9 Å². The van der Waals surface area contributed by atoms with Gasteiger partial charge in [-0.1, -0.05) is 6.92 Å². The monoisotopic (exact) mass is 286 g/mol. The van der Waals surface area contributed by atoms with Gasteiger partial charge in [0.15, 0.2) is 0 Å². The predicted molar refractivity (Wildman–Crippen MR) is 79.2 cm³/mol. The van der Waals surface area contributed by atoms with Gasteiger partial charge in [0.25, 0.3) is 0 Å². The minimum Gasteiger partial charge on any atom is -0.378 e. The fourth-order valence-electron chi connectivity index (χ4n) is 2.50. The van der Waals surface area contributed by atoms with E-state index in [2.05, 4.69) is 24.5 Å². The van der Waals surface area contributed by atoms with Crippen LogP contribution in [-0.2, 0) is 23.6 Å². The number of aromatic nitrogens is 1. The van der Waals surface area contributed by atoms with Gasteiger partial charge in [0.2, 0.25) is 0 Å². The van der Waals surface area contributed by atoms with E-state index >= 15 is 0 Å². The molecule has 18 heavy (non-hydrogen) atoms. The van der Waals surface area contributed by atoms with Crippen LogP contribution < -0.4 is 0 Å². The topological polar surface area (TPSA) is 25.4 Å². The Labute approximate surface area is 119 Å². The first-order valence-electron chi connectivity index (χ1n) is 6.52. The van der Waals surface area contributed by atoms with E-state index in [1.165, 1.54) is 35.8 Å². The third-order valence-electron chi connectivity index (χ3n) is 3.35. The summed E-state index contributed by atoms with van der Waals surface area (Å²) in [7, 11) is 1.72. The highest BCUT2D eigenvalue weighted by Gasteiger charge is 2.18. The number of rotatable bonds is 5. The maximum absolute atomic E-state index is 5.19. The Bertz CT molecular complexity index is 381. The third kappa shape index (κ3) is 3.70. The SMILES string of the molecule is COCc1nc(CN2CCCC(C)C2)sc1CS. The lowest BCUT2D eigenvalue weighted by molar-refractivity contribution is 0.173. The second-order valence-electron chi connectivity index (χ2n) is 5.05. The molecule has 0 saturated carbocycles. The molecule has 1 aliphatic rings. The van der Waals surface area contributed by atoms with E-state index in [1.807, 2.05) is 0 Å². The number of likely N-dealkylation sites (tertiary alicyclic amines) is 1. The minimum absolute atomic E-state index is 0.600. The first kappa shape index (κ1) is 14.3. The van der Waals surface area contributed by atoms with Crippen LogP contribution >= 0.6 is 24.0 Å². The number of methoxy groups -OCH3 is 1. The zero-order valence-electron chi connectivity index (χ0n) is 11.2. The number of hydrogen-bond acceptors (Lipinski definition) is 5. The average molecular weight is 286 g/mol. The molecular formula is C13H22N2OS2. The van der Waals surface area contributed by atoms with Crippen molar-refractivity contribution in [2.24, 2.45) is 5.92 Å². The Kier molecular flexibility index (Phi) is 5.48. The van der Waals surface area contributed by atoms with E-state index in [1.54, 1.807) is 18.4 Å². The van der Waals surface area contributed by atoms with Gasteiger partial charge in [0, 0.05) is 24.3 Å². The van der Waals surface area contributed by atoms with Gasteiger partial charge in [-0.3, -0.25) is 4.90 Å². The molecule has 0 aromatic carbocycles. The van der Waals surface area contributed by atoms with Gasteiger partial charge in [-0.25, -0.2) is 4.98 Å². The zero-order valence-corrected chi connectivity index (χ0v) is 12.9. The summed E-state index contributed by atoms with van der Waals surface area (Å²) in [4.78, 5) is 8.46. The van der Waals surface area contributed by atoms with Crippen molar-refractivity contribution in [3.63, 3.8) is 0 Å². The highest BCUT2D eigenvalue weighted by atomic mass is 32.1. The Hall–Kier alpha value is -0.100. The first-order valence-corrected chi connectivity index (χ1v) is 7.97. The van der Waals surface area contributed by atoms with Crippen molar-refractivity contribution in [3.05, 3.63) is 15.6 Å².